The van der Waals surface area contributed by atoms with Crippen LogP contribution in [-0.4, -0.2) is 20.1 Å². The predicted molar refractivity (Wildman–Crippen MR) is 97.4 cm³/mol. The molecule has 0 unspecified atom stereocenters. The zero-order valence-corrected chi connectivity index (χ0v) is 14.9. The van der Waals surface area contributed by atoms with Crippen LogP contribution in [-0.2, 0) is 0 Å². The predicted octanol–water partition coefficient (Wildman–Crippen LogP) is 4.85. The molecule has 2 heterocycles. The molecule has 2 aromatic carbocycles. The minimum atomic E-state index is -0.367. The number of aryl methyl sites for hydroxylation is 3. The number of benzene rings is 2. The number of phenolic OH excluding ortho intramolecular Hbond substituents is 1. The first-order chi connectivity index (χ1) is 12.9. The van der Waals surface area contributed by atoms with E-state index in [-0.39, 0.29) is 23.3 Å². The highest BCUT2D eigenvalue weighted by Crippen LogP contribution is 2.30. The molecule has 4 rings (SSSR count). The van der Waals surface area contributed by atoms with Gasteiger partial charge in [-0.2, -0.15) is 4.98 Å². The minimum Gasteiger partial charge on any atom is -0.507 e. The van der Waals surface area contributed by atoms with E-state index in [0.717, 1.165) is 16.7 Å². The van der Waals surface area contributed by atoms with Crippen LogP contribution >= 0.6 is 0 Å². The van der Waals surface area contributed by atoms with E-state index in [1.54, 1.807) is 45.0 Å². The second-order valence-electron chi connectivity index (χ2n) is 6.33. The van der Waals surface area contributed by atoms with Crippen LogP contribution in [0.3, 0.4) is 0 Å². The van der Waals surface area contributed by atoms with Gasteiger partial charge >= 0.3 is 6.01 Å². The molecule has 1 N–H and O–H groups in total. The van der Waals surface area contributed by atoms with Gasteiger partial charge in [0.15, 0.2) is 0 Å². The summed E-state index contributed by atoms with van der Waals surface area (Å²) in [5.74, 6) is 0.537. The van der Waals surface area contributed by atoms with Crippen molar-refractivity contribution in [1.29, 1.82) is 0 Å². The fourth-order valence-electron chi connectivity index (χ4n) is 2.71. The Balaban J connectivity index is 1.68. The van der Waals surface area contributed by atoms with E-state index in [1.807, 2.05) is 0 Å². The van der Waals surface area contributed by atoms with Crippen molar-refractivity contribution in [2.75, 3.05) is 0 Å². The van der Waals surface area contributed by atoms with Crippen LogP contribution in [0.4, 0.5) is 4.39 Å². The SMILES string of the molecule is Cc1ccc(Oc2ncc3nc(-c4cc(C)c(O)c(C)c4)oc3n2)cc1F. The summed E-state index contributed by atoms with van der Waals surface area (Å²) in [6.07, 6.45) is 1.48. The van der Waals surface area contributed by atoms with Crippen LogP contribution < -0.4 is 4.74 Å². The molecule has 0 aliphatic rings. The molecule has 0 radical (unpaired) electrons. The van der Waals surface area contributed by atoms with Crippen LogP contribution in [0.5, 0.6) is 17.5 Å². The van der Waals surface area contributed by atoms with Crippen LogP contribution in [0.1, 0.15) is 16.7 Å². The third kappa shape index (κ3) is 3.19. The highest BCUT2D eigenvalue weighted by atomic mass is 19.1. The summed E-state index contributed by atoms with van der Waals surface area (Å²) >= 11 is 0. The highest BCUT2D eigenvalue weighted by Gasteiger charge is 2.14. The van der Waals surface area contributed by atoms with E-state index in [9.17, 15) is 9.50 Å². The first kappa shape index (κ1) is 17.0. The Morgan fingerprint density at radius 2 is 1.74 bits per heavy atom. The van der Waals surface area contributed by atoms with Crippen molar-refractivity contribution in [3.05, 3.63) is 59.0 Å². The average molecular weight is 365 g/mol. The van der Waals surface area contributed by atoms with Gasteiger partial charge in [0.25, 0.3) is 5.71 Å². The minimum absolute atomic E-state index is 0.0338. The number of ether oxygens (including phenoxy) is 1. The van der Waals surface area contributed by atoms with Gasteiger partial charge in [0.2, 0.25) is 5.89 Å². The van der Waals surface area contributed by atoms with Gasteiger partial charge in [-0.15, -0.1) is 0 Å². The first-order valence-electron chi connectivity index (χ1n) is 8.29. The first-order valence-corrected chi connectivity index (χ1v) is 8.29. The van der Waals surface area contributed by atoms with Gasteiger partial charge in [-0.3, -0.25) is 0 Å². The third-order valence-corrected chi connectivity index (χ3v) is 4.22. The molecule has 0 atom stereocenters. The Labute approximate surface area is 154 Å². The highest BCUT2D eigenvalue weighted by molar-refractivity contribution is 5.72. The smallest absolute Gasteiger partial charge is 0.325 e. The summed E-state index contributed by atoms with van der Waals surface area (Å²) in [5, 5.41) is 9.91. The number of aromatic hydroxyl groups is 1. The quantitative estimate of drug-likeness (QED) is 0.559. The van der Waals surface area contributed by atoms with Gasteiger partial charge in [-0.25, -0.2) is 14.4 Å². The molecule has 0 spiro atoms. The second-order valence-corrected chi connectivity index (χ2v) is 6.33. The molecule has 2 aromatic heterocycles. The van der Waals surface area contributed by atoms with E-state index < -0.39 is 0 Å². The van der Waals surface area contributed by atoms with E-state index in [1.165, 1.54) is 12.3 Å². The van der Waals surface area contributed by atoms with Crippen LogP contribution in [0.25, 0.3) is 22.7 Å². The summed E-state index contributed by atoms with van der Waals surface area (Å²) in [4.78, 5) is 12.7. The molecule has 4 aromatic rings. The summed E-state index contributed by atoms with van der Waals surface area (Å²) < 4.78 is 24.9. The Hall–Kier alpha value is -3.48. The fourth-order valence-corrected chi connectivity index (χ4v) is 2.71. The summed E-state index contributed by atoms with van der Waals surface area (Å²) in [7, 11) is 0. The van der Waals surface area contributed by atoms with Crippen molar-refractivity contribution in [1.82, 2.24) is 15.0 Å². The second kappa shape index (κ2) is 6.35. The topological polar surface area (TPSA) is 81.3 Å². The zero-order valence-electron chi connectivity index (χ0n) is 14.9. The summed E-state index contributed by atoms with van der Waals surface area (Å²) in [6.45, 7) is 5.28. The van der Waals surface area contributed by atoms with Gasteiger partial charge < -0.3 is 14.3 Å². The number of fused-ring (bicyclic) bond motifs is 1. The molecule has 0 aliphatic carbocycles. The van der Waals surface area contributed by atoms with Crippen molar-refractivity contribution in [3.8, 4) is 29.0 Å². The monoisotopic (exact) mass is 365 g/mol. The normalized spacial score (nSPS) is 11.1. The van der Waals surface area contributed by atoms with Crippen LogP contribution in [0.15, 0.2) is 40.9 Å². The molecule has 7 heteroatoms. The number of nitrogens with zero attached hydrogens (tertiary/aromatic N) is 3. The molecule has 0 saturated heterocycles. The molecule has 0 fully saturated rings. The number of oxazole rings is 1. The maximum Gasteiger partial charge on any atom is 0.325 e. The summed E-state index contributed by atoms with van der Waals surface area (Å²) in [6, 6.07) is 8.13. The Morgan fingerprint density at radius 1 is 1.00 bits per heavy atom. The zero-order chi connectivity index (χ0) is 19.1. The van der Waals surface area contributed by atoms with Crippen molar-refractivity contribution in [2.45, 2.75) is 20.8 Å². The lowest BCUT2D eigenvalue weighted by Crippen LogP contribution is -1.92. The molecule has 0 amide bonds. The summed E-state index contributed by atoms with van der Waals surface area (Å²) in [5.41, 5.74) is 3.43. The van der Waals surface area contributed by atoms with Gasteiger partial charge in [0, 0.05) is 11.6 Å². The van der Waals surface area contributed by atoms with E-state index in [4.69, 9.17) is 9.15 Å². The standard InChI is InChI=1S/C20H16FN3O3/c1-10-4-5-14(8-15(10)21)26-20-22-9-16-19(24-20)27-18(23-16)13-6-11(2)17(25)12(3)7-13/h4-9,25H,1-3H3. The number of hydrogen-bond donors (Lipinski definition) is 1. The number of halogens is 1. The Morgan fingerprint density at radius 3 is 2.44 bits per heavy atom. The number of aromatic nitrogens is 3. The molecule has 0 bridgehead atoms. The Bertz CT molecular complexity index is 1150. The Kier molecular flexibility index (Phi) is 3.99. The van der Waals surface area contributed by atoms with Crippen LogP contribution in [0.2, 0.25) is 0 Å². The van der Waals surface area contributed by atoms with Crippen molar-refractivity contribution in [2.24, 2.45) is 0 Å². The van der Waals surface area contributed by atoms with Gasteiger partial charge in [-0.1, -0.05) is 6.07 Å². The third-order valence-electron chi connectivity index (χ3n) is 4.22. The lowest BCUT2D eigenvalue weighted by Gasteiger charge is -2.04. The number of rotatable bonds is 3. The van der Waals surface area contributed by atoms with Gasteiger partial charge in [-0.05, 0) is 55.7 Å². The number of hydrogen-bond acceptors (Lipinski definition) is 6. The van der Waals surface area contributed by atoms with Gasteiger partial charge in [0.05, 0.1) is 6.20 Å². The fraction of sp³-hybridized carbons (Fsp3) is 0.150. The molecular formula is C20H16FN3O3. The van der Waals surface area contributed by atoms with Crippen LogP contribution in [0, 0.1) is 26.6 Å². The van der Waals surface area contributed by atoms with E-state index >= 15 is 0 Å². The largest absolute Gasteiger partial charge is 0.507 e. The lowest BCUT2D eigenvalue weighted by atomic mass is 10.1. The molecule has 0 aliphatic heterocycles. The molecule has 0 saturated carbocycles. The maximum absolute atomic E-state index is 13.7. The van der Waals surface area contributed by atoms with Crippen molar-refractivity contribution in [3.63, 3.8) is 0 Å². The average Bonchev–Trinajstić information content (AvgIpc) is 3.06. The van der Waals surface area contributed by atoms with Gasteiger partial charge in [0.1, 0.15) is 22.8 Å². The molecule has 6 nitrogen and oxygen atoms in total. The number of phenols is 1. The maximum atomic E-state index is 13.7. The lowest BCUT2D eigenvalue weighted by molar-refractivity contribution is 0.436. The molecule has 136 valence electrons. The van der Waals surface area contributed by atoms with Crippen molar-refractivity contribution >= 4 is 11.2 Å². The molecule has 27 heavy (non-hydrogen) atoms. The van der Waals surface area contributed by atoms with E-state index in [0.29, 0.717) is 22.7 Å². The molecular weight excluding hydrogens is 349 g/mol. The van der Waals surface area contributed by atoms with E-state index in [2.05, 4.69) is 15.0 Å². The van der Waals surface area contributed by atoms with Crippen molar-refractivity contribution < 1.29 is 18.7 Å².